The topological polar surface area (TPSA) is 72.2 Å². The lowest BCUT2D eigenvalue weighted by Crippen LogP contribution is -2.14. The third-order valence-electron chi connectivity index (χ3n) is 3.15. The van der Waals surface area contributed by atoms with Crippen LogP contribution in [0.25, 0.3) is 5.78 Å². The average Bonchev–Trinajstić information content (AvgIpc) is 2.89. The van der Waals surface area contributed by atoms with Crippen molar-refractivity contribution in [3.8, 4) is 0 Å². The predicted molar refractivity (Wildman–Crippen MR) is 79.7 cm³/mol. The van der Waals surface area contributed by atoms with Gasteiger partial charge in [-0.1, -0.05) is 17.7 Å². The molecule has 0 unspecified atom stereocenters. The van der Waals surface area contributed by atoms with Crippen LogP contribution in [0.3, 0.4) is 0 Å². The lowest BCUT2D eigenvalue weighted by molar-refractivity contribution is 0.101. The number of nitrogens with one attached hydrogen (secondary N) is 1. The van der Waals surface area contributed by atoms with Crippen molar-refractivity contribution in [1.82, 2.24) is 19.6 Å². The van der Waals surface area contributed by atoms with E-state index < -0.39 is 5.91 Å². The number of hydrogen-bond acceptors (Lipinski definition) is 4. The third kappa shape index (κ3) is 2.45. The Balaban J connectivity index is 1.94. The molecule has 0 bridgehead atoms. The van der Waals surface area contributed by atoms with Crippen LogP contribution in [0, 0.1) is 13.8 Å². The summed E-state index contributed by atoms with van der Waals surface area (Å²) in [6.45, 7) is 3.70. The van der Waals surface area contributed by atoms with E-state index in [9.17, 15) is 4.79 Å². The van der Waals surface area contributed by atoms with Crippen LogP contribution in [-0.4, -0.2) is 25.5 Å². The molecule has 1 aromatic carbocycles. The number of carbonyl (C=O) groups is 1. The zero-order chi connectivity index (χ0) is 15.0. The molecule has 3 aromatic rings. The first-order chi connectivity index (χ1) is 10.1. The number of amides is 1. The molecule has 0 aliphatic rings. The summed E-state index contributed by atoms with van der Waals surface area (Å²) in [5.41, 5.74) is 2.28. The molecule has 2 heterocycles. The van der Waals surface area contributed by atoms with Crippen LogP contribution >= 0.6 is 11.6 Å². The third-order valence-corrected chi connectivity index (χ3v) is 3.56. The molecule has 21 heavy (non-hydrogen) atoms. The zero-order valence-corrected chi connectivity index (χ0v) is 12.2. The highest BCUT2D eigenvalue weighted by atomic mass is 35.5. The number of fused-ring (bicyclic) bond motifs is 1. The number of benzene rings is 1. The number of rotatable bonds is 2. The Labute approximate surface area is 125 Å². The molecule has 1 N–H and O–H groups in total. The van der Waals surface area contributed by atoms with Gasteiger partial charge in [-0.25, -0.2) is 9.50 Å². The van der Waals surface area contributed by atoms with Gasteiger partial charge in [0.2, 0.25) is 5.82 Å². The quantitative estimate of drug-likeness (QED) is 0.790. The minimum absolute atomic E-state index is 0.0659. The minimum atomic E-state index is -0.398. The number of carbonyl (C=O) groups excluding carboxylic acids is 1. The molecule has 106 valence electrons. The lowest BCUT2D eigenvalue weighted by Gasteiger charge is -2.07. The fraction of sp³-hybridized carbons (Fsp3) is 0.143. The van der Waals surface area contributed by atoms with E-state index in [-0.39, 0.29) is 5.82 Å². The highest BCUT2D eigenvalue weighted by molar-refractivity contribution is 6.31. The van der Waals surface area contributed by atoms with Crippen LogP contribution in [0.2, 0.25) is 5.02 Å². The van der Waals surface area contributed by atoms with Crippen molar-refractivity contribution in [2.75, 3.05) is 5.32 Å². The van der Waals surface area contributed by atoms with E-state index in [1.54, 1.807) is 30.5 Å². The van der Waals surface area contributed by atoms with Gasteiger partial charge >= 0.3 is 0 Å². The second kappa shape index (κ2) is 5.14. The van der Waals surface area contributed by atoms with E-state index >= 15 is 0 Å². The van der Waals surface area contributed by atoms with Crippen LogP contribution in [0.4, 0.5) is 5.69 Å². The molecule has 6 nitrogen and oxygen atoms in total. The second-order valence-electron chi connectivity index (χ2n) is 4.60. The molecule has 0 saturated carbocycles. The summed E-state index contributed by atoms with van der Waals surface area (Å²) in [5, 5.41) is 7.51. The Morgan fingerprint density at radius 3 is 2.86 bits per heavy atom. The van der Waals surface area contributed by atoms with Crippen molar-refractivity contribution in [3.05, 3.63) is 52.6 Å². The summed E-state index contributed by atoms with van der Waals surface area (Å²) in [5.74, 6) is 0.0596. The van der Waals surface area contributed by atoms with E-state index in [1.807, 2.05) is 13.8 Å². The van der Waals surface area contributed by atoms with Gasteiger partial charge in [0.05, 0.1) is 0 Å². The predicted octanol–water partition coefficient (Wildman–Crippen LogP) is 2.65. The van der Waals surface area contributed by atoms with Crippen LogP contribution in [0.1, 0.15) is 21.9 Å². The van der Waals surface area contributed by atoms with Gasteiger partial charge in [-0.2, -0.15) is 4.98 Å². The summed E-state index contributed by atoms with van der Waals surface area (Å²) >= 11 is 6.03. The van der Waals surface area contributed by atoms with Crippen molar-refractivity contribution in [1.29, 1.82) is 0 Å². The first kappa shape index (κ1) is 13.5. The molecule has 7 heteroatoms. The van der Waals surface area contributed by atoms with E-state index in [0.717, 1.165) is 11.3 Å². The smallest absolute Gasteiger partial charge is 0.295 e. The summed E-state index contributed by atoms with van der Waals surface area (Å²) in [4.78, 5) is 20.4. The van der Waals surface area contributed by atoms with Gasteiger partial charge in [-0.15, -0.1) is 5.10 Å². The molecule has 0 spiro atoms. The maximum atomic E-state index is 12.2. The summed E-state index contributed by atoms with van der Waals surface area (Å²) < 4.78 is 1.53. The molecule has 0 fully saturated rings. The molecule has 1 amide bonds. The number of aryl methyl sites for hydroxylation is 1. The highest BCUT2D eigenvalue weighted by Crippen LogP contribution is 2.23. The molecular formula is C14H12ClN5O. The number of aromatic nitrogens is 4. The van der Waals surface area contributed by atoms with Crippen molar-refractivity contribution in [3.63, 3.8) is 0 Å². The monoisotopic (exact) mass is 301 g/mol. The van der Waals surface area contributed by atoms with Gasteiger partial charge in [0.15, 0.2) is 0 Å². The number of halogens is 1. The van der Waals surface area contributed by atoms with Crippen LogP contribution in [0.5, 0.6) is 0 Å². The van der Waals surface area contributed by atoms with Gasteiger partial charge < -0.3 is 5.32 Å². The van der Waals surface area contributed by atoms with Crippen molar-refractivity contribution in [2.24, 2.45) is 0 Å². The van der Waals surface area contributed by atoms with Gasteiger partial charge in [0.1, 0.15) is 0 Å². The first-order valence-corrected chi connectivity index (χ1v) is 6.69. The largest absolute Gasteiger partial charge is 0.319 e. The van der Waals surface area contributed by atoms with Gasteiger partial charge in [-0.05, 0) is 37.6 Å². The Morgan fingerprint density at radius 2 is 2.10 bits per heavy atom. The molecule has 0 saturated heterocycles. The summed E-state index contributed by atoms with van der Waals surface area (Å²) in [7, 11) is 0. The lowest BCUT2D eigenvalue weighted by atomic mass is 10.2. The van der Waals surface area contributed by atoms with Gasteiger partial charge in [0, 0.05) is 22.6 Å². The standard InChI is InChI=1S/C14H12ClN5O/c1-8-6-7-16-14-18-12(19-20(8)14)13(21)17-11-5-3-4-10(15)9(11)2/h3-7H,1-2H3,(H,17,21). The van der Waals surface area contributed by atoms with E-state index in [4.69, 9.17) is 11.6 Å². The van der Waals surface area contributed by atoms with E-state index in [2.05, 4.69) is 20.4 Å². The molecular weight excluding hydrogens is 290 g/mol. The maximum Gasteiger partial charge on any atom is 0.295 e. The second-order valence-corrected chi connectivity index (χ2v) is 5.01. The number of nitrogens with zero attached hydrogens (tertiary/aromatic N) is 4. The first-order valence-electron chi connectivity index (χ1n) is 6.31. The van der Waals surface area contributed by atoms with E-state index in [1.165, 1.54) is 4.52 Å². The molecule has 0 radical (unpaired) electrons. The van der Waals surface area contributed by atoms with Crippen molar-refractivity contribution >= 4 is 29.0 Å². The highest BCUT2D eigenvalue weighted by Gasteiger charge is 2.15. The molecule has 2 aromatic heterocycles. The molecule has 0 aliphatic heterocycles. The minimum Gasteiger partial charge on any atom is -0.319 e. The summed E-state index contributed by atoms with van der Waals surface area (Å²) in [6, 6.07) is 7.11. The van der Waals surface area contributed by atoms with Crippen LogP contribution in [0.15, 0.2) is 30.5 Å². The average molecular weight is 302 g/mol. The molecule has 0 aliphatic carbocycles. The Morgan fingerprint density at radius 1 is 1.29 bits per heavy atom. The van der Waals surface area contributed by atoms with Crippen molar-refractivity contribution < 1.29 is 4.79 Å². The molecule has 0 atom stereocenters. The Hall–Kier alpha value is -2.47. The van der Waals surface area contributed by atoms with Crippen molar-refractivity contribution in [2.45, 2.75) is 13.8 Å². The van der Waals surface area contributed by atoms with Crippen LogP contribution < -0.4 is 5.32 Å². The van der Waals surface area contributed by atoms with Gasteiger partial charge in [0.25, 0.3) is 11.7 Å². The molecule has 3 rings (SSSR count). The van der Waals surface area contributed by atoms with Crippen LogP contribution in [-0.2, 0) is 0 Å². The van der Waals surface area contributed by atoms with E-state index in [0.29, 0.717) is 16.5 Å². The normalized spacial score (nSPS) is 10.8. The van der Waals surface area contributed by atoms with Gasteiger partial charge in [-0.3, -0.25) is 4.79 Å². The Bertz CT molecular complexity index is 842. The Kier molecular flexibility index (Phi) is 3.31. The zero-order valence-electron chi connectivity index (χ0n) is 11.5. The fourth-order valence-corrected chi connectivity index (χ4v) is 2.10. The SMILES string of the molecule is Cc1c(Cl)cccc1NC(=O)c1nc2nccc(C)n2n1. The number of anilines is 1. The maximum absolute atomic E-state index is 12.2. The summed E-state index contributed by atoms with van der Waals surface area (Å²) in [6.07, 6.45) is 1.63. The number of hydrogen-bond donors (Lipinski definition) is 1. The fourth-order valence-electron chi connectivity index (χ4n) is 1.92.